The van der Waals surface area contributed by atoms with Crippen molar-refractivity contribution in [3.05, 3.63) is 23.6 Å². The van der Waals surface area contributed by atoms with E-state index in [4.69, 9.17) is 0 Å². The van der Waals surface area contributed by atoms with Crippen molar-refractivity contribution in [1.82, 2.24) is 0 Å². The Morgan fingerprint density at radius 2 is 1.82 bits per heavy atom. The van der Waals surface area contributed by atoms with E-state index >= 15 is 0 Å². The maximum Gasteiger partial charge on any atom is 0.237 e. The molecule has 0 unspecified atom stereocenters. The molecular weight excluding hydrogens is 162 g/mol. The van der Waals surface area contributed by atoms with E-state index in [-0.39, 0.29) is 4.91 Å². The van der Waals surface area contributed by atoms with Crippen molar-refractivity contribution in [1.29, 1.82) is 0 Å². The van der Waals surface area contributed by atoms with Gasteiger partial charge in [0.05, 0.1) is 4.91 Å². The van der Waals surface area contributed by atoms with Gasteiger partial charge in [-0.3, -0.25) is 0 Å². The quantitative estimate of drug-likeness (QED) is 0.648. The van der Waals surface area contributed by atoms with Gasteiger partial charge in [0.15, 0.2) is 0 Å². The third-order valence-electron chi connectivity index (χ3n) is 0.718. The average molecular weight is 177 g/mol. The molecule has 3 nitrogen and oxygen atoms in total. The molecule has 0 aromatic rings. The van der Waals surface area contributed by atoms with E-state index in [0.29, 0.717) is 0 Å². The van der Waals surface area contributed by atoms with Gasteiger partial charge in [0.25, 0.3) is 0 Å². The highest BCUT2D eigenvalue weighted by Gasteiger charge is 2.02. The van der Waals surface area contributed by atoms with Crippen LogP contribution in [0.1, 0.15) is 20.8 Å². The van der Waals surface area contributed by atoms with E-state index < -0.39 is 10.0 Å². The molecule has 0 aliphatic heterocycles. The monoisotopic (exact) mass is 177 g/mol. The minimum Gasteiger partial charge on any atom is -0.225 e. The van der Waals surface area contributed by atoms with Crippen LogP contribution in [-0.2, 0) is 10.0 Å². The summed E-state index contributed by atoms with van der Waals surface area (Å²) in [6, 6.07) is 0. The van der Waals surface area contributed by atoms with Crippen molar-refractivity contribution in [2.45, 2.75) is 20.8 Å². The number of allylic oxidation sites excluding steroid dienone is 2. The first-order chi connectivity index (χ1) is 4.98. The van der Waals surface area contributed by atoms with E-state index in [1.165, 1.54) is 6.08 Å². The van der Waals surface area contributed by atoms with E-state index in [0.717, 1.165) is 0 Å². The molecule has 0 aromatic carbocycles. The van der Waals surface area contributed by atoms with Gasteiger partial charge in [0.1, 0.15) is 0 Å². The minimum absolute atomic E-state index is 0.0648. The van der Waals surface area contributed by atoms with E-state index in [2.05, 4.69) is 11.7 Å². The molecule has 0 rings (SSSR count). The fourth-order valence-corrected chi connectivity index (χ4v) is 0.606. The molecule has 0 heterocycles. The summed E-state index contributed by atoms with van der Waals surface area (Å²) in [6.45, 7) is 8.91. The maximum absolute atomic E-state index is 10.3. The Morgan fingerprint density at radius 3 is 1.91 bits per heavy atom. The number of hydrogen-bond donors (Lipinski definition) is 1. The van der Waals surface area contributed by atoms with Crippen LogP contribution in [0.3, 0.4) is 0 Å². The van der Waals surface area contributed by atoms with Gasteiger partial charge in [0, 0.05) is 0 Å². The lowest BCUT2D eigenvalue weighted by molar-refractivity contribution is 0.604. The molecule has 0 saturated carbocycles. The zero-order chi connectivity index (χ0) is 9.49. The maximum atomic E-state index is 10.3. The molecule has 0 saturated heterocycles. The third kappa shape index (κ3) is 7.29. The van der Waals surface area contributed by atoms with Crippen LogP contribution < -0.4 is 5.14 Å². The molecule has 0 amide bonds. The van der Waals surface area contributed by atoms with E-state index in [1.54, 1.807) is 13.0 Å². The molecule has 0 spiro atoms. The molecule has 2 N–H and O–H groups in total. The lowest BCUT2D eigenvalue weighted by atomic mass is 10.5. The van der Waals surface area contributed by atoms with Crippen LogP contribution in [0.25, 0.3) is 0 Å². The summed E-state index contributed by atoms with van der Waals surface area (Å²) in [4.78, 5) is -0.0648. The second kappa shape index (κ2) is 6.12. The first-order valence-electron chi connectivity index (χ1n) is 3.33. The van der Waals surface area contributed by atoms with Crippen molar-refractivity contribution < 1.29 is 8.42 Å². The lowest BCUT2D eigenvalue weighted by Gasteiger charge is -1.91. The second-order valence-corrected chi connectivity index (χ2v) is 3.13. The standard InChI is InChI=1S/C5H9NO2S.C2H6/c1-3-4-5(2)9(6,7)8;1-2/h3-4H,2H2,1H3,(H2,6,7,8);1-2H3/b4-3-;. The highest BCUT2D eigenvalue weighted by molar-refractivity contribution is 7.93. The summed E-state index contributed by atoms with van der Waals surface area (Å²) < 4.78 is 20.7. The lowest BCUT2D eigenvalue weighted by Crippen LogP contribution is -2.12. The first-order valence-corrected chi connectivity index (χ1v) is 4.87. The normalized spacial score (nSPS) is 10.5. The van der Waals surface area contributed by atoms with E-state index in [1.807, 2.05) is 13.8 Å². The number of hydrogen-bond acceptors (Lipinski definition) is 2. The molecule has 66 valence electrons. The van der Waals surface area contributed by atoms with Gasteiger partial charge in [-0.05, 0) is 13.0 Å². The summed E-state index contributed by atoms with van der Waals surface area (Å²) >= 11 is 0. The number of rotatable bonds is 2. The van der Waals surface area contributed by atoms with E-state index in [9.17, 15) is 8.42 Å². The molecule has 0 aliphatic rings. The molecule has 0 radical (unpaired) electrons. The summed E-state index contributed by atoms with van der Waals surface area (Å²) in [6.07, 6.45) is 2.90. The first kappa shape index (κ1) is 13.0. The van der Waals surface area contributed by atoms with Gasteiger partial charge in [-0.25, -0.2) is 13.6 Å². The average Bonchev–Trinajstić information content (AvgIpc) is 1.91. The fraction of sp³-hybridized carbons (Fsp3) is 0.429. The third-order valence-corrected chi connectivity index (χ3v) is 1.58. The number of nitrogens with two attached hydrogens (primary N) is 1. The predicted octanol–water partition coefficient (Wildman–Crippen LogP) is 1.39. The zero-order valence-electron chi connectivity index (χ0n) is 7.16. The Balaban J connectivity index is 0. The SMILES string of the molecule is C=C(/C=C\C)S(N)(=O)=O.CC. The summed E-state index contributed by atoms with van der Waals surface area (Å²) in [5.74, 6) is 0. The summed E-state index contributed by atoms with van der Waals surface area (Å²) in [7, 11) is -3.55. The van der Waals surface area contributed by atoms with Gasteiger partial charge in [-0.15, -0.1) is 0 Å². The van der Waals surface area contributed by atoms with Crippen molar-refractivity contribution >= 4 is 10.0 Å². The molecule has 0 aromatic heterocycles. The molecule has 11 heavy (non-hydrogen) atoms. The number of primary sulfonamides is 1. The van der Waals surface area contributed by atoms with Crippen molar-refractivity contribution in [3.8, 4) is 0 Å². The van der Waals surface area contributed by atoms with Gasteiger partial charge < -0.3 is 0 Å². The van der Waals surface area contributed by atoms with Gasteiger partial charge in [0.2, 0.25) is 10.0 Å². The molecule has 0 aliphatic carbocycles. The Bertz CT molecular complexity index is 227. The van der Waals surface area contributed by atoms with Crippen molar-refractivity contribution in [2.75, 3.05) is 0 Å². The van der Waals surface area contributed by atoms with Crippen LogP contribution in [0.4, 0.5) is 0 Å². The molecule has 4 heteroatoms. The van der Waals surface area contributed by atoms with Crippen molar-refractivity contribution in [3.63, 3.8) is 0 Å². The fourth-order valence-electron chi connectivity index (χ4n) is 0.281. The Hall–Kier alpha value is -0.610. The molecule has 0 atom stereocenters. The van der Waals surface area contributed by atoms with Crippen LogP contribution >= 0.6 is 0 Å². The van der Waals surface area contributed by atoms with Crippen LogP contribution in [0.15, 0.2) is 23.6 Å². The van der Waals surface area contributed by atoms with Gasteiger partial charge >= 0.3 is 0 Å². The van der Waals surface area contributed by atoms with Crippen LogP contribution in [-0.4, -0.2) is 8.42 Å². The van der Waals surface area contributed by atoms with Crippen LogP contribution in [0.5, 0.6) is 0 Å². The van der Waals surface area contributed by atoms with Gasteiger partial charge in [-0.1, -0.05) is 26.5 Å². The predicted molar refractivity (Wildman–Crippen MR) is 48.4 cm³/mol. The molecular formula is C7H15NO2S. The Morgan fingerprint density at radius 1 is 1.45 bits per heavy atom. The summed E-state index contributed by atoms with van der Waals surface area (Å²) in [5.41, 5.74) is 0. The second-order valence-electron chi connectivity index (χ2n) is 1.51. The van der Waals surface area contributed by atoms with Gasteiger partial charge in [-0.2, -0.15) is 0 Å². The topological polar surface area (TPSA) is 60.2 Å². The summed E-state index contributed by atoms with van der Waals surface area (Å²) in [5, 5.41) is 4.69. The Kier molecular flexibility index (Phi) is 7.24. The molecule has 0 fully saturated rings. The largest absolute Gasteiger partial charge is 0.237 e. The highest BCUT2D eigenvalue weighted by Crippen LogP contribution is 1.97. The Labute approximate surface area is 68.7 Å². The minimum atomic E-state index is -3.55. The van der Waals surface area contributed by atoms with Crippen LogP contribution in [0, 0.1) is 0 Å². The number of sulfonamides is 1. The van der Waals surface area contributed by atoms with Crippen LogP contribution in [0.2, 0.25) is 0 Å². The zero-order valence-corrected chi connectivity index (χ0v) is 7.98. The smallest absolute Gasteiger partial charge is 0.225 e. The highest BCUT2D eigenvalue weighted by atomic mass is 32.2. The molecule has 0 bridgehead atoms. The van der Waals surface area contributed by atoms with Crippen molar-refractivity contribution in [2.24, 2.45) is 5.14 Å².